The van der Waals surface area contributed by atoms with Gasteiger partial charge in [0.2, 0.25) is 5.91 Å². The van der Waals surface area contributed by atoms with Gasteiger partial charge in [0.1, 0.15) is 28.3 Å². The van der Waals surface area contributed by atoms with Crippen LogP contribution in [0.1, 0.15) is 28.0 Å². The highest BCUT2D eigenvalue weighted by Crippen LogP contribution is 2.20. The zero-order valence-electron chi connectivity index (χ0n) is 21.2. The third-order valence-electron chi connectivity index (χ3n) is 5.54. The highest BCUT2D eigenvalue weighted by atomic mass is 32.2. The number of aryl methyl sites for hydroxylation is 1. The van der Waals surface area contributed by atoms with Crippen molar-refractivity contribution in [3.05, 3.63) is 83.7 Å². The van der Waals surface area contributed by atoms with Crippen LogP contribution in [0.4, 0.5) is 0 Å². The quantitative estimate of drug-likeness (QED) is 0.206. The molecule has 0 spiro atoms. The maximum atomic E-state index is 13.1. The summed E-state index contributed by atoms with van der Waals surface area (Å²) in [6, 6.07) is 16.4. The van der Waals surface area contributed by atoms with Crippen molar-refractivity contribution in [2.75, 3.05) is 20.3 Å². The van der Waals surface area contributed by atoms with E-state index in [-0.39, 0.29) is 23.4 Å². The lowest BCUT2D eigenvalue weighted by atomic mass is 10.1. The Morgan fingerprint density at radius 1 is 1.05 bits per heavy atom. The molecule has 0 aliphatic carbocycles. The van der Waals surface area contributed by atoms with Gasteiger partial charge in [0.05, 0.1) is 18.2 Å². The smallest absolute Gasteiger partial charge is 0.341 e. The standard InChI is InChI=1S/C27H29N3O8S/c1-37-20-11-9-18(10-12-20)6-5-13-28-26(33)23(30-39(36)21-7-3-2-4-8-21)15-19-14-22(27(34)35)24(16-29-19)38-17-25(31)32/h2-4,7-12,14,16,23,30H,5-6,13,15,17H2,1H3,(H,28,33)(H,31,32)(H,34,35)/t23-,39?/m0/s1. The fourth-order valence-corrected chi connectivity index (χ4v) is 4.57. The second-order valence-electron chi connectivity index (χ2n) is 8.36. The Labute approximate surface area is 227 Å². The molecule has 1 aromatic heterocycles. The predicted octanol–water partition coefficient (Wildman–Crippen LogP) is 2.22. The van der Waals surface area contributed by atoms with Crippen LogP contribution in [0.2, 0.25) is 0 Å². The number of amides is 1. The molecule has 2 aromatic carbocycles. The molecule has 1 unspecified atom stereocenters. The van der Waals surface area contributed by atoms with Gasteiger partial charge in [-0.3, -0.25) is 9.78 Å². The van der Waals surface area contributed by atoms with Crippen LogP contribution in [0.5, 0.6) is 11.5 Å². The summed E-state index contributed by atoms with van der Waals surface area (Å²) in [5.74, 6) is -2.51. The number of nitrogens with one attached hydrogen (secondary N) is 2. The highest BCUT2D eigenvalue weighted by molar-refractivity contribution is 7.83. The number of hydrogen-bond acceptors (Lipinski definition) is 7. The number of hydrogen-bond donors (Lipinski definition) is 4. The van der Waals surface area contributed by atoms with E-state index in [1.807, 2.05) is 24.3 Å². The van der Waals surface area contributed by atoms with Gasteiger partial charge in [-0.15, -0.1) is 0 Å². The molecule has 0 radical (unpaired) electrons. The number of carboxylic acid groups (broad SMARTS) is 2. The summed E-state index contributed by atoms with van der Waals surface area (Å²) in [6.45, 7) is -0.378. The van der Waals surface area contributed by atoms with Crippen LogP contribution in [0.25, 0.3) is 0 Å². The first kappa shape index (κ1) is 29.3. The summed E-state index contributed by atoms with van der Waals surface area (Å²) in [5, 5.41) is 21.2. The fourth-order valence-electron chi connectivity index (χ4n) is 3.58. The van der Waals surface area contributed by atoms with Gasteiger partial charge >= 0.3 is 11.9 Å². The number of rotatable bonds is 15. The number of aliphatic carboxylic acids is 1. The molecule has 0 aliphatic heterocycles. The molecule has 3 aromatic rings. The van der Waals surface area contributed by atoms with Crippen molar-refractivity contribution in [2.45, 2.75) is 30.2 Å². The van der Waals surface area contributed by atoms with Gasteiger partial charge in [0.15, 0.2) is 12.4 Å². The van der Waals surface area contributed by atoms with Crippen molar-refractivity contribution in [3.8, 4) is 11.5 Å². The Morgan fingerprint density at radius 3 is 2.41 bits per heavy atom. The van der Waals surface area contributed by atoms with E-state index in [9.17, 15) is 23.7 Å². The number of aromatic nitrogens is 1. The number of aromatic carboxylic acids is 1. The van der Waals surface area contributed by atoms with Crippen LogP contribution >= 0.6 is 0 Å². The van der Waals surface area contributed by atoms with E-state index in [1.165, 1.54) is 6.07 Å². The molecule has 2 atom stereocenters. The van der Waals surface area contributed by atoms with E-state index in [0.29, 0.717) is 17.9 Å². The van der Waals surface area contributed by atoms with Crippen molar-refractivity contribution >= 4 is 28.8 Å². The minimum Gasteiger partial charge on any atom is -0.497 e. The number of nitrogens with zero attached hydrogens (tertiary/aromatic N) is 1. The summed E-state index contributed by atoms with van der Waals surface area (Å²) < 4.78 is 25.9. The van der Waals surface area contributed by atoms with Crippen molar-refractivity contribution < 1.29 is 38.3 Å². The van der Waals surface area contributed by atoms with Crippen LogP contribution in [-0.2, 0) is 33.4 Å². The maximum Gasteiger partial charge on any atom is 0.341 e. The number of benzene rings is 2. The van der Waals surface area contributed by atoms with Crippen molar-refractivity contribution in [1.29, 1.82) is 0 Å². The number of pyridine rings is 1. The Hall–Kier alpha value is -4.29. The molecule has 11 nitrogen and oxygen atoms in total. The largest absolute Gasteiger partial charge is 0.497 e. The molecule has 1 amide bonds. The summed E-state index contributed by atoms with van der Waals surface area (Å²) in [5.41, 5.74) is 0.996. The first-order valence-corrected chi connectivity index (χ1v) is 13.1. The van der Waals surface area contributed by atoms with Gasteiger partial charge in [0, 0.05) is 18.7 Å². The van der Waals surface area contributed by atoms with Gasteiger partial charge in [-0.05, 0) is 48.7 Å². The van der Waals surface area contributed by atoms with Gasteiger partial charge < -0.3 is 25.0 Å². The molecule has 0 fully saturated rings. The number of ether oxygens (including phenoxy) is 2. The van der Waals surface area contributed by atoms with Crippen LogP contribution in [0.3, 0.4) is 0 Å². The number of carbonyl (C=O) groups excluding carboxylic acids is 1. The van der Waals surface area contributed by atoms with Gasteiger partial charge in [-0.2, -0.15) is 0 Å². The van der Waals surface area contributed by atoms with E-state index in [4.69, 9.17) is 14.6 Å². The summed E-state index contributed by atoms with van der Waals surface area (Å²) in [4.78, 5) is 40.2. The van der Waals surface area contributed by atoms with E-state index in [0.717, 1.165) is 23.9 Å². The Bertz CT molecular complexity index is 1300. The second kappa shape index (κ2) is 14.6. The van der Waals surface area contributed by atoms with E-state index >= 15 is 0 Å². The van der Waals surface area contributed by atoms with Gasteiger partial charge in [-0.1, -0.05) is 30.3 Å². The van der Waals surface area contributed by atoms with Crippen LogP contribution in [0, 0.1) is 0 Å². The second-order valence-corrected chi connectivity index (χ2v) is 9.60. The normalized spacial score (nSPS) is 12.2. The summed E-state index contributed by atoms with van der Waals surface area (Å²) in [7, 11) is -0.135. The van der Waals surface area contributed by atoms with E-state index < -0.39 is 41.5 Å². The first-order chi connectivity index (χ1) is 18.8. The zero-order valence-corrected chi connectivity index (χ0v) is 22.0. The maximum absolute atomic E-state index is 13.1. The number of methoxy groups -OCH3 is 1. The Kier molecular flexibility index (Phi) is 11.0. The van der Waals surface area contributed by atoms with E-state index in [1.54, 1.807) is 37.4 Å². The number of carboxylic acids is 2. The average molecular weight is 556 g/mol. The van der Waals surface area contributed by atoms with Crippen molar-refractivity contribution in [2.24, 2.45) is 0 Å². The first-order valence-electron chi connectivity index (χ1n) is 12.0. The van der Waals surface area contributed by atoms with Crippen molar-refractivity contribution in [1.82, 2.24) is 15.0 Å². The molecule has 0 bridgehead atoms. The third-order valence-corrected chi connectivity index (χ3v) is 6.74. The lowest BCUT2D eigenvalue weighted by Gasteiger charge is -2.18. The lowest BCUT2D eigenvalue weighted by Crippen LogP contribution is -2.46. The molecule has 3 rings (SSSR count). The molecule has 4 N–H and O–H groups in total. The molecule has 39 heavy (non-hydrogen) atoms. The third kappa shape index (κ3) is 9.20. The molecule has 1 heterocycles. The minimum atomic E-state index is -1.73. The average Bonchev–Trinajstić information content (AvgIpc) is 2.94. The SMILES string of the molecule is COc1ccc(CCCNC(=O)[C@H](Cc2cc(C(=O)O)c(OCC(=O)O)cn2)NS(=O)c2ccccc2)cc1. The fraction of sp³-hybridized carbons (Fsp3) is 0.259. The molecular weight excluding hydrogens is 526 g/mol. The van der Waals surface area contributed by atoms with Crippen LogP contribution in [-0.4, -0.2) is 63.6 Å². The predicted molar refractivity (Wildman–Crippen MR) is 142 cm³/mol. The van der Waals surface area contributed by atoms with Gasteiger partial charge in [-0.25, -0.2) is 18.5 Å². The molecule has 206 valence electrons. The Balaban J connectivity index is 1.71. The molecule has 0 saturated carbocycles. The number of carbonyl (C=O) groups is 3. The molecule has 0 aliphatic rings. The monoisotopic (exact) mass is 555 g/mol. The molecule has 12 heteroatoms. The van der Waals surface area contributed by atoms with Gasteiger partial charge in [0.25, 0.3) is 0 Å². The lowest BCUT2D eigenvalue weighted by molar-refractivity contribution is -0.139. The molecular formula is C27H29N3O8S. The summed E-state index contributed by atoms with van der Waals surface area (Å²) >= 11 is 0. The highest BCUT2D eigenvalue weighted by Gasteiger charge is 2.24. The topological polar surface area (TPSA) is 164 Å². The van der Waals surface area contributed by atoms with Crippen LogP contribution < -0.4 is 19.5 Å². The zero-order chi connectivity index (χ0) is 28.2. The molecule has 0 saturated heterocycles. The Morgan fingerprint density at radius 2 is 1.77 bits per heavy atom. The minimum absolute atomic E-state index is 0.0810. The summed E-state index contributed by atoms with van der Waals surface area (Å²) in [6.07, 6.45) is 2.39. The van der Waals surface area contributed by atoms with Crippen LogP contribution in [0.15, 0.2) is 71.8 Å². The van der Waals surface area contributed by atoms with Crippen molar-refractivity contribution in [3.63, 3.8) is 0 Å². The van der Waals surface area contributed by atoms with E-state index in [2.05, 4.69) is 15.0 Å².